The van der Waals surface area contributed by atoms with Crippen molar-refractivity contribution in [2.45, 2.75) is 19.9 Å². The maximum absolute atomic E-state index is 11.1. The Bertz CT molecular complexity index is 352. The summed E-state index contributed by atoms with van der Waals surface area (Å²) >= 11 is 0. The molecule has 0 amide bonds. The lowest BCUT2D eigenvalue weighted by atomic mass is 10.2. The first kappa shape index (κ1) is 9.43. The van der Waals surface area contributed by atoms with E-state index in [0.29, 0.717) is 5.71 Å². The topological polar surface area (TPSA) is 85.2 Å². The van der Waals surface area contributed by atoms with E-state index in [-0.39, 0.29) is 11.7 Å². The van der Waals surface area contributed by atoms with E-state index in [9.17, 15) is 4.79 Å². The zero-order valence-electron chi connectivity index (χ0n) is 7.68. The molecule has 0 aliphatic rings. The second-order valence-electron chi connectivity index (χ2n) is 2.54. The van der Waals surface area contributed by atoms with E-state index in [0.717, 1.165) is 0 Å². The third kappa shape index (κ3) is 1.92. The normalized spacial score (nSPS) is 14.2. The smallest absolute Gasteiger partial charge is 0.361 e. The maximum Gasteiger partial charge on any atom is 0.361 e. The van der Waals surface area contributed by atoms with E-state index < -0.39 is 0 Å². The molecule has 1 unspecified atom stereocenters. The molecule has 0 aliphatic heterocycles. The number of rotatable bonds is 3. The Morgan fingerprint density at radius 1 is 1.77 bits per heavy atom. The summed E-state index contributed by atoms with van der Waals surface area (Å²) in [6.07, 6.45) is 0. The molecule has 0 bridgehead atoms. The summed E-state index contributed by atoms with van der Waals surface area (Å²) in [5, 5.41) is 12.8. The van der Waals surface area contributed by atoms with E-state index in [4.69, 9.17) is 0 Å². The van der Waals surface area contributed by atoms with Gasteiger partial charge in [-0.15, -0.1) is 0 Å². The summed E-state index contributed by atoms with van der Waals surface area (Å²) in [4.78, 5) is 15.6. The van der Waals surface area contributed by atoms with Crippen LogP contribution in [0.2, 0.25) is 0 Å². The predicted molar refractivity (Wildman–Crippen MR) is 45.5 cm³/mol. The van der Waals surface area contributed by atoms with Crippen LogP contribution in [0.25, 0.3) is 0 Å². The van der Waals surface area contributed by atoms with Crippen LogP contribution in [-0.4, -0.2) is 33.0 Å². The highest BCUT2D eigenvalue weighted by Crippen LogP contribution is 2.01. The number of hydrogen-bond acceptors (Lipinski definition) is 5. The molecule has 0 saturated heterocycles. The van der Waals surface area contributed by atoms with E-state index in [1.165, 1.54) is 11.8 Å². The quantitative estimate of drug-likeness (QED) is 0.510. The van der Waals surface area contributed by atoms with Crippen molar-refractivity contribution in [2.24, 2.45) is 5.16 Å². The van der Waals surface area contributed by atoms with Crippen molar-refractivity contribution in [3.63, 3.8) is 0 Å². The van der Waals surface area contributed by atoms with Crippen molar-refractivity contribution in [1.82, 2.24) is 20.2 Å². The highest BCUT2D eigenvalue weighted by atomic mass is 16.6. The van der Waals surface area contributed by atoms with E-state index in [1.54, 1.807) is 13.8 Å². The molecular weight excluding hydrogens is 174 g/mol. The molecule has 1 N–H and O–H groups in total. The highest BCUT2D eigenvalue weighted by molar-refractivity contribution is 5.84. The number of hydrogen-bond donors (Lipinski definition) is 1. The SMILES string of the molecule is CON=C(C)C(C)n1nn[nH]c1=O. The molecule has 0 spiro atoms. The summed E-state index contributed by atoms with van der Waals surface area (Å²) in [7, 11) is 1.45. The predicted octanol–water partition coefficient (Wildman–Crippen LogP) is -0.450. The number of nitrogens with zero attached hydrogens (tertiary/aromatic N) is 4. The minimum Gasteiger partial charge on any atom is -0.399 e. The average molecular weight is 185 g/mol. The van der Waals surface area contributed by atoms with Crippen molar-refractivity contribution < 1.29 is 4.84 Å². The van der Waals surface area contributed by atoms with Gasteiger partial charge in [0.25, 0.3) is 0 Å². The average Bonchev–Trinajstić information content (AvgIpc) is 2.50. The molecule has 7 heteroatoms. The molecule has 0 aromatic carbocycles. The number of nitrogens with one attached hydrogen (secondary N) is 1. The minimum absolute atomic E-state index is 0.258. The number of aromatic amines is 1. The lowest BCUT2D eigenvalue weighted by molar-refractivity contribution is 0.210. The van der Waals surface area contributed by atoms with Gasteiger partial charge in [-0.2, -0.15) is 4.68 Å². The van der Waals surface area contributed by atoms with Crippen molar-refractivity contribution in [3.05, 3.63) is 10.5 Å². The molecule has 0 radical (unpaired) electrons. The minimum atomic E-state index is -0.363. The Balaban J connectivity index is 2.91. The zero-order chi connectivity index (χ0) is 9.84. The first-order valence-electron chi connectivity index (χ1n) is 3.74. The van der Waals surface area contributed by atoms with Gasteiger partial charge in [0.15, 0.2) is 0 Å². The maximum atomic E-state index is 11.1. The van der Waals surface area contributed by atoms with Crippen LogP contribution in [0.3, 0.4) is 0 Å². The molecule has 13 heavy (non-hydrogen) atoms. The lowest BCUT2D eigenvalue weighted by Gasteiger charge is -2.07. The Hall–Kier alpha value is -1.66. The first-order valence-corrected chi connectivity index (χ1v) is 3.74. The van der Waals surface area contributed by atoms with Crippen LogP contribution in [-0.2, 0) is 4.84 Å². The highest BCUT2D eigenvalue weighted by Gasteiger charge is 2.12. The van der Waals surface area contributed by atoms with Gasteiger partial charge in [-0.25, -0.2) is 9.89 Å². The van der Waals surface area contributed by atoms with Crippen molar-refractivity contribution >= 4 is 5.71 Å². The third-order valence-electron chi connectivity index (χ3n) is 1.70. The third-order valence-corrected chi connectivity index (χ3v) is 1.70. The van der Waals surface area contributed by atoms with Gasteiger partial charge >= 0.3 is 5.69 Å². The Morgan fingerprint density at radius 2 is 2.46 bits per heavy atom. The van der Waals surface area contributed by atoms with E-state index >= 15 is 0 Å². The molecule has 0 saturated carbocycles. The second-order valence-corrected chi connectivity index (χ2v) is 2.54. The van der Waals surface area contributed by atoms with Crippen LogP contribution in [0.15, 0.2) is 9.95 Å². The monoisotopic (exact) mass is 185 g/mol. The van der Waals surface area contributed by atoms with Gasteiger partial charge in [-0.3, -0.25) is 0 Å². The van der Waals surface area contributed by atoms with Gasteiger partial charge in [-0.05, 0) is 24.3 Å². The van der Waals surface area contributed by atoms with Crippen molar-refractivity contribution in [2.75, 3.05) is 7.11 Å². The fraction of sp³-hybridized carbons (Fsp3) is 0.667. The van der Waals surface area contributed by atoms with Crippen molar-refractivity contribution in [3.8, 4) is 0 Å². The molecule has 0 fully saturated rings. The Labute approximate surface area is 74.4 Å². The summed E-state index contributed by atoms with van der Waals surface area (Å²) < 4.78 is 1.19. The number of H-pyrrole nitrogens is 1. The summed E-state index contributed by atoms with van der Waals surface area (Å²) in [6.45, 7) is 3.52. The lowest BCUT2D eigenvalue weighted by Crippen LogP contribution is -2.26. The molecule has 1 atom stereocenters. The largest absolute Gasteiger partial charge is 0.399 e. The van der Waals surface area contributed by atoms with Gasteiger partial charge in [0.2, 0.25) is 0 Å². The molecule has 7 nitrogen and oxygen atoms in total. The summed E-state index contributed by atoms with van der Waals surface area (Å²) in [5.41, 5.74) is 0.289. The molecule has 72 valence electrons. The number of aromatic nitrogens is 4. The van der Waals surface area contributed by atoms with Crippen LogP contribution in [0, 0.1) is 0 Å². The van der Waals surface area contributed by atoms with Crippen molar-refractivity contribution in [1.29, 1.82) is 0 Å². The van der Waals surface area contributed by atoms with E-state index in [1.807, 2.05) is 0 Å². The molecule has 1 heterocycles. The summed E-state index contributed by atoms with van der Waals surface area (Å²) in [5.74, 6) is 0. The molecule has 0 aliphatic carbocycles. The van der Waals surface area contributed by atoms with Gasteiger partial charge in [-0.1, -0.05) is 5.16 Å². The van der Waals surface area contributed by atoms with Crippen LogP contribution < -0.4 is 5.69 Å². The number of tetrazole rings is 1. The zero-order valence-corrected chi connectivity index (χ0v) is 7.68. The molecule has 1 rings (SSSR count). The van der Waals surface area contributed by atoms with Gasteiger partial charge in [0, 0.05) is 0 Å². The fourth-order valence-corrected chi connectivity index (χ4v) is 0.856. The molecule has 1 aromatic heterocycles. The first-order chi connectivity index (χ1) is 6.16. The van der Waals surface area contributed by atoms with Gasteiger partial charge in [0.05, 0.1) is 11.8 Å². The standard InChI is InChI=1S/C6H11N5O2/c1-4(8-13-3)5(2)11-6(12)7-9-10-11/h5H,1-3H3,(H,7,10,12). The Kier molecular flexibility index (Phi) is 2.78. The number of oxime groups is 1. The van der Waals surface area contributed by atoms with Crippen LogP contribution in [0.5, 0.6) is 0 Å². The fourth-order valence-electron chi connectivity index (χ4n) is 0.856. The second kappa shape index (κ2) is 3.83. The van der Waals surface area contributed by atoms with Gasteiger partial charge in [0.1, 0.15) is 7.11 Å². The molecular formula is C6H11N5O2. The Morgan fingerprint density at radius 3 is 2.92 bits per heavy atom. The van der Waals surface area contributed by atoms with E-state index in [2.05, 4.69) is 25.5 Å². The van der Waals surface area contributed by atoms with Gasteiger partial charge < -0.3 is 4.84 Å². The van der Waals surface area contributed by atoms with Crippen LogP contribution >= 0.6 is 0 Å². The van der Waals surface area contributed by atoms with Crippen LogP contribution in [0.4, 0.5) is 0 Å². The summed E-state index contributed by atoms with van der Waals surface area (Å²) in [6, 6.07) is -0.258. The van der Waals surface area contributed by atoms with Crippen LogP contribution in [0.1, 0.15) is 19.9 Å². The molecule has 1 aromatic rings.